The van der Waals surface area contributed by atoms with Crippen molar-refractivity contribution in [2.75, 3.05) is 22.1 Å². The van der Waals surface area contributed by atoms with E-state index in [1.165, 1.54) is 6.92 Å². The van der Waals surface area contributed by atoms with Crippen molar-refractivity contribution >= 4 is 46.4 Å². The summed E-state index contributed by atoms with van der Waals surface area (Å²) in [6.07, 6.45) is -0.234. The van der Waals surface area contributed by atoms with Crippen molar-refractivity contribution in [3.05, 3.63) is 84.9 Å². The Morgan fingerprint density at radius 3 is 1.71 bits per heavy atom. The number of para-hydroxylation sites is 2. The first-order valence-corrected chi connectivity index (χ1v) is 10.7. The van der Waals surface area contributed by atoms with E-state index < -0.39 is 18.5 Å². The first-order valence-electron chi connectivity index (χ1n) is 10.7. The van der Waals surface area contributed by atoms with E-state index in [1.807, 2.05) is 60.7 Å². The van der Waals surface area contributed by atoms with Crippen LogP contribution in [0, 0.1) is 0 Å². The van der Waals surface area contributed by atoms with Gasteiger partial charge >= 0.3 is 5.97 Å². The van der Waals surface area contributed by atoms with Crippen molar-refractivity contribution in [1.29, 1.82) is 0 Å². The maximum Gasteiger partial charge on any atom is 0.306 e. The topological polar surface area (TPSA) is 105 Å². The van der Waals surface area contributed by atoms with Crippen molar-refractivity contribution in [1.82, 2.24) is 0 Å². The van der Waals surface area contributed by atoms with E-state index in [2.05, 4.69) is 10.6 Å². The first kappa shape index (κ1) is 24.2. The number of ether oxygens (including phenoxy) is 1. The fourth-order valence-corrected chi connectivity index (χ4v) is 3.17. The second kappa shape index (κ2) is 12.0. The Morgan fingerprint density at radius 1 is 0.706 bits per heavy atom. The van der Waals surface area contributed by atoms with Gasteiger partial charge in [0.2, 0.25) is 11.8 Å². The number of nitrogens with zero attached hydrogens (tertiary/aromatic N) is 1. The number of hydrogen-bond donors (Lipinski definition) is 2. The summed E-state index contributed by atoms with van der Waals surface area (Å²) >= 11 is 0. The third-order valence-corrected chi connectivity index (χ3v) is 4.67. The Balaban J connectivity index is 1.49. The molecule has 3 aromatic carbocycles. The van der Waals surface area contributed by atoms with Crippen LogP contribution in [0.5, 0.6) is 0 Å². The van der Waals surface area contributed by atoms with Crippen molar-refractivity contribution in [2.24, 2.45) is 0 Å². The van der Waals surface area contributed by atoms with Gasteiger partial charge < -0.3 is 15.4 Å². The molecule has 0 saturated heterocycles. The second-order valence-electron chi connectivity index (χ2n) is 7.37. The minimum Gasteiger partial charge on any atom is -0.456 e. The molecule has 174 valence electrons. The molecule has 0 saturated carbocycles. The van der Waals surface area contributed by atoms with Crippen molar-refractivity contribution in [3.63, 3.8) is 0 Å². The number of esters is 1. The Hall–Kier alpha value is -4.46. The minimum absolute atomic E-state index is 0.0746. The molecule has 8 heteroatoms. The van der Waals surface area contributed by atoms with E-state index in [1.54, 1.807) is 29.2 Å². The molecule has 0 atom stereocenters. The average molecular weight is 460 g/mol. The smallest absolute Gasteiger partial charge is 0.306 e. The molecular formula is C26H25N3O5. The van der Waals surface area contributed by atoms with Crippen LogP contribution < -0.4 is 15.5 Å². The molecule has 3 amide bonds. The SMILES string of the molecule is CC(=O)Nc1ccc(NC(=O)COC(=O)CCC(=O)N(c2ccccc2)c2ccccc2)cc1. The zero-order chi connectivity index (χ0) is 24.3. The number of anilines is 4. The van der Waals surface area contributed by atoms with E-state index in [4.69, 9.17) is 4.74 Å². The lowest BCUT2D eigenvalue weighted by Gasteiger charge is -2.23. The predicted octanol–water partition coefficient (Wildman–Crippen LogP) is 4.27. The summed E-state index contributed by atoms with van der Waals surface area (Å²) in [5.74, 6) is -1.62. The molecule has 0 aliphatic carbocycles. The van der Waals surface area contributed by atoms with Crippen molar-refractivity contribution in [3.8, 4) is 0 Å². The maximum atomic E-state index is 12.9. The molecule has 0 fully saturated rings. The minimum atomic E-state index is -0.648. The summed E-state index contributed by atoms with van der Waals surface area (Å²) < 4.78 is 5.02. The number of carbonyl (C=O) groups excluding carboxylic acids is 4. The summed E-state index contributed by atoms with van der Waals surface area (Å²) in [4.78, 5) is 49.7. The highest BCUT2D eigenvalue weighted by atomic mass is 16.5. The molecule has 0 bridgehead atoms. The molecule has 0 aliphatic heterocycles. The van der Waals surface area contributed by atoms with Gasteiger partial charge in [0.05, 0.1) is 6.42 Å². The Bertz CT molecular complexity index is 1090. The number of benzene rings is 3. The van der Waals surface area contributed by atoms with Gasteiger partial charge in [-0.05, 0) is 48.5 Å². The monoisotopic (exact) mass is 459 g/mol. The van der Waals surface area contributed by atoms with Crippen LogP contribution in [-0.4, -0.2) is 30.3 Å². The van der Waals surface area contributed by atoms with Gasteiger partial charge in [0.15, 0.2) is 6.61 Å². The molecule has 3 rings (SSSR count). The normalized spacial score (nSPS) is 10.1. The molecule has 0 aliphatic rings. The van der Waals surface area contributed by atoms with Crippen molar-refractivity contribution < 1.29 is 23.9 Å². The van der Waals surface area contributed by atoms with E-state index in [0.717, 1.165) is 0 Å². The molecule has 34 heavy (non-hydrogen) atoms. The largest absolute Gasteiger partial charge is 0.456 e. The first-order chi connectivity index (χ1) is 16.4. The highest BCUT2D eigenvalue weighted by molar-refractivity contribution is 6.01. The highest BCUT2D eigenvalue weighted by Gasteiger charge is 2.19. The standard InChI is InChI=1S/C26H25N3O5/c1-19(30)27-20-12-14-21(15-13-20)28-24(31)18-34-26(33)17-16-25(32)29(22-8-4-2-5-9-22)23-10-6-3-7-11-23/h2-15H,16-18H2,1H3,(H,27,30)(H,28,31). The fraction of sp³-hybridized carbons (Fsp3) is 0.154. The van der Waals surface area contributed by atoms with Crippen LogP contribution in [0.3, 0.4) is 0 Å². The van der Waals surface area contributed by atoms with Crippen LogP contribution in [0.4, 0.5) is 22.7 Å². The number of hydrogen-bond acceptors (Lipinski definition) is 5. The van der Waals surface area contributed by atoms with Crippen LogP contribution in [0.25, 0.3) is 0 Å². The van der Waals surface area contributed by atoms with Crippen LogP contribution in [0.15, 0.2) is 84.9 Å². The number of amides is 3. The lowest BCUT2D eigenvalue weighted by Crippen LogP contribution is -2.27. The zero-order valence-electron chi connectivity index (χ0n) is 18.7. The quantitative estimate of drug-likeness (QED) is 0.465. The summed E-state index contributed by atoms with van der Waals surface area (Å²) in [6.45, 7) is 0.931. The van der Waals surface area contributed by atoms with Gasteiger partial charge in [-0.2, -0.15) is 0 Å². The van der Waals surface area contributed by atoms with Crippen LogP contribution in [-0.2, 0) is 23.9 Å². The van der Waals surface area contributed by atoms with Gasteiger partial charge in [-0.3, -0.25) is 24.1 Å². The maximum absolute atomic E-state index is 12.9. The summed E-state index contributed by atoms with van der Waals surface area (Å²) in [6, 6.07) is 24.8. The van der Waals surface area contributed by atoms with Crippen LogP contribution in [0.1, 0.15) is 19.8 Å². The Morgan fingerprint density at radius 2 is 1.21 bits per heavy atom. The molecule has 0 aromatic heterocycles. The predicted molar refractivity (Wildman–Crippen MR) is 130 cm³/mol. The molecule has 8 nitrogen and oxygen atoms in total. The Kier molecular flexibility index (Phi) is 8.51. The fourth-order valence-electron chi connectivity index (χ4n) is 3.17. The molecule has 2 N–H and O–H groups in total. The van der Waals surface area contributed by atoms with E-state index in [-0.39, 0.29) is 24.7 Å². The van der Waals surface area contributed by atoms with E-state index in [9.17, 15) is 19.2 Å². The van der Waals surface area contributed by atoms with Gasteiger partial charge in [-0.25, -0.2) is 0 Å². The van der Waals surface area contributed by atoms with Gasteiger partial charge in [0, 0.05) is 36.1 Å². The summed E-state index contributed by atoms with van der Waals surface area (Å²) in [5.41, 5.74) is 2.47. The van der Waals surface area contributed by atoms with Crippen LogP contribution >= 0.6 is 0 Å². The number of rotatable bonds is 9. The van der Waals surface area contributed by atoms with Gasteiger partial charge in [0.1, 0.15) is 0 Å². The van der Waals surface area contributed by atoms with Gasteiger partial charge in [-0.1, -0.05) is 36.4 Å². The lowest BCUT2D eigenvalue weighted by atomic mass is 10.2. The van der Waals surface area contributed by atoms with Crippen molar-refractivity contribution in [2.45, 2.75) is 19.8 Å². The van der Waals surface area contributed by atoms with Crippen LogP contribution in [0.2, 0.25) is 0 Å². The molecule has 0 heterocycles. The molecule has 0 radical (unpaired) electrons. The highest BCUT2D eigenvalue weighted by Crippen LogP contribution is 2.26. The molecule has 3 aromatic rings. The summed E-state index contributed by atoms with van der Waals surface area (Å²) in [5, 5.41) is 5.23. The van der Waals surface area contributed by atoms with E-state index >= 15 is 0 Å². The number of carbonyl (C=O) groups is 4. The average Bonchev–Trinajstić information content (AvgIpc) is 2.84. The Labute approximate surface area is 197 Å². The third kappa shape index (κ3) is 7.30. The third-order valence-electron chi connectivity index (χ3n) is 4.67. The lowest BCUT2D eigenvalue weighted by molar-refractivity contribution is -0.148. The molecular weight excluding hydrogens is 434 g/mol. The summed E-state index contributed by atoms with van der Waals surface area (Å²) in [7, 11) is 0. The van der Waals surface area contributed by atoms with E-state index in [0.29, 0.717) is 22.7 Å². The van der Waals surface area contributed by atoms with Gasteiger partial charge in [-0.15, -0.1) is 0 Å². The molecule has 0 unspecified atom stereocenters. The van der Waals surface area contributed by atoms with Gasteiger partial charge in [0.25, 0.3) is 5.91 Å². The second-order valence-corrected chi connectivity index (χ2v) is 7.37. The number of nitrogens with one attached hydrogen (secondary N) is 2. The zero-order valence-corrected chi connectivity index (χ0v) is 18.7. The molecule has 0 spiro atoms.